The number of ether oxygens (including phenoxy) is 1. The Bertz CT molecular complexity index is 471. The second kappa shape index (κ2) is 7.91. The summed E-state index contributed by atoms with van der Waals surface area (Å²) in [5, 5.41) is 8.39. The van der Waals surface area contributed by atoms with Crippen LogP contribution in [0.5, 0.6) is 0 Å². The zero-order valence-electron chi connectivity index (χ0n) is 14.9. The first-order chi connectivity index (χ1) is 11.3. The molecule has 5 atom stereocenters. The summed E-state index contributed by atoms with van der Waals surface area (Å²) in [5.74, 6) is 1.77. The molecule has 4 nitrogen and oxygen atoms in total. The summed E-state index contributed by atoms with van der Waals surface area (Å²) < 4.78 is 6.04. The molecule has 1 spiro atoms. The van der Waals surface area contributed by atoms with Gasteiger partial charge >= 0.3 is 0 Å². The predicted octanol–water partition coefficient (Wildman–Crippen LogP) is 3.40. The number of guanidine groups is 1. The Kier molecular flexibility index (Phi) is 6.29. The zero-order valence-corrected chi connectivity index (χ0v) is 18.1. The summed E-state index contributed by atoms with van der Waals surface area (Å²) in [6.07, 6.45) is 11.9. The lowest BCUT2D eigenvalue weighted by atomic mass is 9.46. The van der Waals surface area contributed by atoms with Crippen molar-refractivity contribution in [2.24, 2.45) is 16.3 Å². The van der Waals surface area contributed by atoms with E-state index in [2.05, 4.69) is 23.8 Å². The van der Waals surface area contributed by atoms with E-state index in [4.69, 9.17) is 9.73 Å². The van der Waals surface area contributed by atoms with Gasteiger partial charge in [-0.25, -0.2) is 0 Å². The van der Waals surface area contributed by atoms with E-state index in [9.17, 15) is 0 Å². The highest BCUT2D eigenvalue weighted by Gasteiger charge is 2.66. The Labute approximate surface area is 167 Å². The molecule has 6 heteroatoms. The zero-order chi connectivity index (χ0) is 15.9. The molecular formula is C18H32IN3OS. The Balaban J connectivity index is 0.00000169. The molecule has 0 bridgehead atoms. The predicted molar refractivity (Wildman–Crippen MR) is 113 cm³/mol. The first-order valence-electron chi connectivity index (χ1n) is 9.48. The van der Waals surface area contributed by atoms with Gasteiger partial charge in [0.25, 0.3) is 0 Å². The number of halogens is 1. The maximum atomic E-state index is 6.04. The first kappa shape index (κ1) is 19.1. The van der Waals surface area contributed by atoms with Crippen LogP contribution in [0.1, 0.15) is 51.9 Å². The highest BCUT2D eigenvalue weighted by atomic mass is 127. The van der Waals surface area contributed by atoms with Gasteiger partial charge < -0.3 is 15.4 Å². The molecule has 0 aromatic rings. The van der Waals surface area contributed by atoms with Crippen molar-refractivity contribution in [1.82, 2.24) is 10.6 Å². The van der Waals surface area contributed by atoms with Gasteiger partial charge in [-0.1, -0.05) is 6.42 Å². The number of fused-ring (bicyclic) bond motifs is 2. The fraction of sp³-hybridized carbons (Fsp3) is 0.944. The van der Waals surface area contributed by atoms with Crippen molar-refractivity contribution in [3.63, 3.8) is 0 Å². The summed E-state index contributed by atoms with van der Waals surface area (Å²) in [5.41, 5.74) is 0.425. The molecule has 1 saturated heterocycles. The first-order valence-corrected chi connectivity index (χ1v) is 10.8. The van der Waals surface area contributed by atoms with Crippen LogP contribution in [-0.2, 0) is 4.74 Å². The van der Waals surface area contributed by atoms with Crippen LogP contribution in [0, 0.1) is 11.3 Å². The molecule has 4 aliphatic rings. The van der Waals surface area contributed by atoms with E-state index in [0.29, 0.717) is 29.5 Å². The van der Waals surface area contributed by atoms with Crippen LogP contribution in [0.4, 0.5) is 0 Å². The number of hydrogen-bond acceptors (Lipinski definition) is 3. The van der Waals surface area contributed by atoms with Gasteiger partial charge in [-0.05, 0) is 51.7 Å². The highest BCUT2D eigenvalue weighted by molar-refractivity contribution is 14.0. The van der Waals surface area contributed by atoms with Gasteiger partial charge in [-0.2, -0.15) is 11.8 Å². The fourth-order valence-electron chi connectivity index (χ4n) is 5.37. The van der Waals surface area contributed by atoms with Crippen molar-refractivity contribution in [2.45, 2.75) is 75.3 Å². The summed E-state index contributed by atoms with van der Waals surface area (Å²) in [4.78, 5) is 4.75. The van der Waals surface area contributed by atoms with Crippen LogP contribution in [0.3, 0.4) is 0 Å². The van der Waals surface area contributed by atoms with E-state index in [1.165, 1.54) is 44.9 Å². The maximum Gasteiger partial charge on any atom is 0.191 e. The minimum absolute atomic E-state index is 0. The largest absolute Gasteiger partial charge is 0.377 e. The second-order valence-electron chi connectivity index (χ2n) is 7.79. The molecule has 0 aromatic carbocycles. The molecule has 2 N–H and O–H groups in total. The number of aliphatic imine (C=N–C) groups is 1. The minimum Gasteiger partial charge on any atom is -0.377 e. The van der Waals surface area contributed by atoms with E-state index in [-0.39, 0.29) is 24.0 Å². The second-order valence-corrected chi connectivity index (χ2v) is 8.93. The lowest BCUT2D eigenvalue weighted by molar-refractivity contribution is -0.171. The molecule has 1 heterocycles. The van der Waals surface area contributed by atoms with Crippen molar-refractivity contribution in [1.29, 1.82) is 0 Å². The standard InChI is InChI=1S/C18H31N3OS.HI/c1-3-19-17(20-12-5-6-13(11-12)23-2)21-15-14-7-10-22-16(14)18(15)8-4-9-18;/h12-16H,3-11H2,1-2H3,(H2,19,20,21);1H. The van der Waals surface area contributed by atoms with Crippen LogP contribution in [-0.4, -0.2) is 48.8 Å². The van der Waals surface area contributed by atoms with Crippen molar-refractivity contribution in [2.75, 3.05) is 19.4 Å². The molecule has 0 aromatic heterocycles. The van der Waals surface area contributed by atoms with Crippen molar-refractivity contribution >= 4 is 41.7 Å². The normalized spacial score (nSPS) is 39.6. The number of hydrogen-bond donors (Lipinski definition) is 2. The number of rotatable bonds is 4. The summed E-state index contributed by atoms with van der Waals surface area (Å²) >= 11 is 2.01. The fourth-order valence-corrected chi connectivity index (χ4v) is 6.17. The molecule has 5 unspecified atom stereocenters. The van der Waals surface area contributed by atoms with Crippen molar-refractivity contribution in [3.8, 4) is 0 Å². The van der Waals surface area contributed by atoms with Gasteiger partial charge in [-0.3, -0.25) is 4.99 Å². The minimum atomic E-state index is 0. The molecule has 138 valence electrons. The van der Waals surface area contributed by atoms with E-state index in [0.717, 1.165) is 24.4 Å². The molecule has 24 heavy (non-hydrogen) atoms. The van der Waals surface area contributed by atoms with Crippen LogP contribution in [0.25, 0.3) is 0 Å². The van der Waals surface area contributed by atoms with E-state index >= 15 is 0 Å². The average molecular weight is 465 g/mol. The van der Waals surface area contributed by atoms with Crippen LogP contribution in [0.2, 0.25) is 0 Å². The SMILES string of the molecule is CCN=C(NC1CCC(SC)C1)NC1C2CCOC2C12CCC2.I. The Hall–Kier alpha value is 0.310. The lowest BCUT2D eigenvalue weighted by Gasteiger charge is -2.63. The van der Waals surface area contributed by atoms with Gasteiger partial charge in [0.15, 0.2) is 5.96 Å². The van der Waals surface area contributed by atoms with Crippen LogP contribution >= 0.6 is 35.7 Å². The van der Waals surface area contributed by atoms with Gasteiger partial charge in [0.2, 0.25) is 0 Å². The third kappa shape index (κ3) is 3.20. The summed E-state index contributed by atoms with van der Waals surface area (Å²) in [6.45, 7) is 3.93. The summed E-state index contributed by atoms with van der Waals surface area (Å²) in [7, 11) is 0. The van der Waals surface area contributed by atoms with Gasteiger partial charge in [0, 0.05) is 41.8 Å². The third-order valence-electron chi connectivity index (χ3n) is 6.70. The Morgan fingerprint density at radius 3 is 2.71 bits per heavy atom. The maximum absolute atomic E-state index is 6.04. The van der Waals surface area contributed by atoms with E-state index in [1.54, 1.807) is 0 Å². The van der Waals surface area contributed by atoms with E-state index < -0.39 is 0 Å². The molecule has 0 radical (unpaired) electrons. The Morgan fingerprint density at radius 2 is 2.08 bits per heavy atom. The third-order valence-corrected chi connectivity index (χ3v) is 7.80. The van der Waals surface area contributed by atoms with Gasteiger partial charge in [0.1, 0.15) is 0 Å². The molecular weight excluding hydrogens is 433 g/mol. The summed E-state index contributed by atoms with van der Waals surface area (Å²) in [6, 6.07) is 1.18. The molecule has 4 rings (SSSR count). The molecule has 0 amide bonds. The van der Waals surface area contributed by atoms with Crippen LogP contribution in [0.15, 0.2) is 4.99 Å². The topological polar surface area (TPSA) is 45.7 Å². The van der Waals surface area contributed by atoms with Crippen LogP contribution < -0.4 is 10.6 Å². The van der Waals surface area contributed by atoms with E-state index in [1.807, 2.05) is 11.8 Å². The smallest absolute Gasteiger partial charge is 0.191 e. The quantitative estimate of drug-likeness (QED) is 0.380. The molecule has 3 aliphatic carbocycles. The number of nitrogens with one attached hydrogen (secondary N) is 2. The highest BCUT2D eigenvalue weighted by Crippen LogP contribution is 2.62. The lowest BCUT2D eigenvalue weighted by Crippen LogP contribution is -2.72. The van der Waals surface area contributed by atoms with Gasteiger partial charge in [0.05, 0.1) is 6.10 Å². The monoisotopic (exact) mass is 465 g/mol. The van der Waals surface area contributed by atoms with Crippen molar-refractivity contribution < 1.29 is 4.74 Å². The van der Waals surface area contributed by atoms with Crippen molar-refractivity contribution in [3.05, 3.63) is 0 Å². The number of nitrogens with zero attached hydrogens (tertiary/aromatic N) is 1. The van der Waals surface area contributed by atoms with Gasteiger partial charge in [-0.15, -0.1) is 24.0 Å². The molecule has 4 fully saturated rings. The number of thioether (sulfide) groups is 1. The molecule has 1 aliphatic heterocycles. The Morgan fingerprint density at radius 1 is 1.25 bits per heavy atom. The average Bonchev–Trinajstić information content (AvgIpc) is 3.11. The molecule has 3 saturated carbocycles.